The first-order valence-electron chi connectivity index (χ1n) is 11.0. The zero-order chi connectivity index (χ0) is 21.2. The van der Waals surface area contributed by atoms with E-state index in [2.05, 4.69) is 21.4 Å². The second-order valence-corrected chi connectivity index (χ2v) is 8.36. The number of amides is 2. The van der Waals surface area contributed by atoms with Gasteiger partial charge in [-0.1, -0.05) is 30.3 Å². The number of para-hydroxylation sites is 3. The minimum atomic E-state index is 0.0206. The first-order chi connectivity index (χ1) is 15.2. The van der Waals surface area contributed by atoms with Crippen LogP contribution >= 0.6 is 0 Å². The molecule has 0 aliphatic carbocycles. The van der Waals surface area contributed by atoms with Crippen molar-refractivity contribution in [3.8, 4) is 0 Å². The van der Waals surface area contributed by atoms with E-state index in [-0.39, 0.29) is 24.4 Å². The molecule has 3 heterocycles. The van der Waals surface area contributed by atoms with Gasteiger partial charge in [-0.05, 0) is 49.4 Å². The predicted molar refractivity (Wildman–Crippen MR) is 121 cm³/mol. The molecule has 2 aliphatic rings. The molecule has 2 aliphatic heterocycles. The molecular weight excluding hydrogens is 390 g/mol. The molecular formula is C24H27N5O2. The number of carbonyl (C=O) groups excluding carboxylic acids is 2. The summed E-state index contributed by atoms with van der Waals surface area (Å²) >= 11 is 0. The maximum absolute atomic E-state index is 13.0. The standard InChI is InChI=1S/C24H27N5O2/c30-22-11-5-7-17-6-1-4-10-21(17)29(22)16-23(31)28-14-12-18(13-15-28)25-24-26-19-8-2-3-9-20(19)27-24/h1-4,6,8-10,18H,5,7,11-16H2,(H2,25,26,27). The molecule has 5 rings (SSSR count). The molecule has 0 spiro atoms. The average molecular weight is 418 g/mol. The number of fused-ring (bicyclic) bond motifs is 2. The van der Waals surface area contributed by atoms with Crippen molar-refractivity contribution in [1.29, 1.82) is 0 Å². The van der Waals surface area contributed by atoms with E-state index >= 15 is 0 Å². The summed E-state index contributed by atoms with van der Waals surface area (Å²) in [6, 6.07) is 16.2. The number of rotatable bonds is 4. The van der Waals surface area contributed by atoms with E-state index < -0.39 is 0 Å². The monoisotopic (exact) mass is 417 g/mol. The fraction of sp³-hybridized carbons (Fsp3) is 0.375. The van der Waals surface area contributed by atoms with Gasteiger partial charge in [-0.2, -0.15) is 0 Å². The average Bonchev–Trinajstić information content (AvgIpc) is 3.13. The fourth-order valence-corrected chi connectivity index (χ4v) is 4.58. The Balaban J connectivity index is 1.20. The van der Waals surface area contributed by atoms with E-state index in [1.165, 1.54) is 0 Å². The third-order valence-electron chi connectivity index (χ3n) is 6.29. The predicted octanol–water partition coefficient (Wildman–Crippen LogP) is 3.34. The third-order valence-corrected chi connectivity index (χ3v) is 6.29. The van der Waals surface area contributed by atoms with Crippen molar-refractivity contribution >= 4 is 34.5 Å². The molecule has 2 aromatic carbocycles. The van der Waals surface area contributed by atoms with Crippen LogP contribution in [0.5, 0.6) is 0 Å². The number of hydrogen-bond acceptors (Lipinski definition) is 4. The Morgan fingerprint density at radius 1 is 1.06 bits per heavy atom. The van der Waals surface area contributed by atoms with Crippen LogP contribution < -0.4 is 10.2 Å². The summed E-state index contributed by atoms with van der Waals surface area (Å²) in [6.45, 7) is 1.48. The van der Waals surface area contributed by atoms with Gasteiger partial charge in [0.1, 0.15) is 6.54 Å². The van der Waals surface area contributed by atoms with Crippen molar-refractivity contribution in [2.45, 2.75) is 38.1 Å². The Kier molecular flexibility index (Phi) is 5.32. The van der Waals surface area contributed by atoms with E-state index in [4.69, 9.17) is 0 Å². The van der Waals surface area contributed by atoms with Crippen molar-refractivity contribution in [3.63, 3.8) is 0 Å². The quantitative estimate of drug-likeness (QED) is 0.682. The number of carbonyl (C=O) groups is 2. The highest BCUT2D eigenvalue weighted by molar-refractivity contribution is 5.99. The molecule has 0 bridgehead atoms. The van der Waals surface area contributed by atoms with Gasteiger partial charge in [-0.15, -0.1) is 0 Å². The first-order valence-corrected chi connectivity index (χ1v) is 11.0. The Labute approximate surface area is 181 Å². The Morgan fingerprint density at radius 3 is 2.68 bits per heavy atom. The summed E-state index contributed by atoms with van der Waals surface area (Å²) in [5, 5.41) is 3.47. The summed E-state index contributed by atoms with van der Waals surface area (Å²) in [6.07, 6.45) is 3.91. The summed E-state index contributed by atoms with van der Waals surface area (Å²) in [5.74, 6) is 0.838. The molecule has 0 atom stereocenters. The van der Waals surface area contributed by atoms with Crippen LogP contribution in [0.15, 0.2) is 48.5 Å². The Hall–Kier alpha value is -3.35. The summed E-state index contributed by atoms with van der Waals surface area (Å²) < 4.78 is 0. The minimum Gasteiger partial charge on any atom is -0.353 e. The maximum atomic E-state index is 13.0. The molecule has 1 fully saturated rings. The lowest BCUT2D eigenvalue weighted by Gasteiger charge is -2.34. The molecule has 0 unspecified atom stereocenters. The number of nitrogens with zero attached hydrogens (tertiary/aromatic N) is 3. The molecule has 160 valence electrons. The summed E-state index contributed by atoms with van der Waals surface area (Å²) in [7, 11) is 0. The first kappa shape index (κ1) is 19.6. The van der Waals surface area contributed by atoms with Crippen molar-refractivity contribution in [1.82, 2.24) is 14.9 Å². The molecule has 3 aromatic rings. The van der Waals surface area contributed by atoms with Crippen molar-refractivity contribution in [3.05, 3.63) is 54.1 Å². The van der Waals surface area contributed by atoms with E-state index in [1.807, 2.05) is 47.4 Å². The number of anilines is 2. The van der Waals surface area contributed by atoms with Gasteiger partial charge in [0.05, 0.1) is 11.0 Å². The number of hydrogen-bond donors (Lipinski definition) is 2. The van der Waals surface area contributed by atoms with E-state index in [9.17, 15) is 9.59 Å². The number of piperidine rings is 1. The molecule has 1 aromatic heterocycles. The highest BCUT2D eigenvalue weighted by atomic mass is 16.2. The van der Waals surface area contributed by atoms with Crippen molar-refractivity contribution in [2.24, 2.45) is 0 Å². The van der Waals surface area contributed by atoms with Gasteiger partial charge in [0.2, 0.25) is 17.8 Å². The number of nitrogens with one attached hydrogen (secondary N) is 2. The smallest absolute Gasteiger partial charge is 0.242 e. The molecule has 31 heavy (non-hydrogen) atoms. The van der Waals surface area contributed by atoms with E-state index in [0.29, 0.717) is 19.5 Å². The lowest BCUT2D eigenvalue weighted by molar-refractivity contribution is -0.132. The van der Waals surface area contributed by atoms with Crippen LogP contribution in [0.3, 0.4) is 0 Å². The summed E-state index contributed by atoms with van der Waals surface area (Å²) in [4.78, 5) is 37.1. The van der Waals surface area contributed by atoms with Crippen LogP contribution in [0, 0.1) is 0 Å². The molecule has 7 heteroatoms. The summed E-state index contributed by atoms with van der Waals surface area (Å²) in [5.41, 5.74) is 4.00. The Morgan fingerprint density at radius 2 is 1.84 bits per heavy atom. The highest BCUT2D eigenvalue weighted by Crippen LogP contribution is 2.27. The molecule has 7 nitrogen and oxygen atoms in total. The van der Waals surface area contributed by atoms with Gasteiger partial charge >= 0.3 is 0 Å². The van der Waals surface area contributed by atoms with Crippen LogP contribution in [0.1, 0.15) is 31.2 Å². The zero-order valence-corrected chi connectivity index (χ0v) is 17.5. The minimum absolute atomic E-state index is 0.0206. The number of imidazole rings is 1. The number of aryl methyl sites for hydroxylation is 1. The van der Waals surface area contributed by atoms with Crippen molar-refractivity contribution < 1.29 is 9.59 Å². The van der Waals surface area contributed by atoms with Gasteiger partial charge < -0.3 is 20.1 Å². The SMILES string of the molecule is O=C(CN1C(=O)CCCc2ccccc21)N1CCC(Nc2nc3ccccc3[nH]2)CC1. The molecule has 0 saturated carbocycles. The highest BCUT2D eigenvalue weighted by Gasteiger charge is 2.28. The molecule has 0 radical (unpaired) electrons. The van der Waals surface area contributed by atoms with E-state index in [0.717, 1.165) is 53.9 Å². The normalized spacial score (nSPS) is 17.5. The topological polar surface area (TPSA) is 81.3 Å². The molecule has 1 saturated heterocycles. The Bertz CT molecular complexity index is 1070. The lowest BCUT2D eigenvalue weighted by Crippen LogP contribution is -2.47. The second kappa shape index (κ2) is 8.41. The van der Waals surface area contributed by atoms with Gasteiger partial charge in [0, 0.05) is 31.2 Å². The number of aromatic amines is 1. The van der Waals surface area contributed by atoms with Gasteiger partial charge in [-0.25, -0.2) is 4.98 Å². The number of aromatic nitrogens is 2. The number of H-pyrrole nitrogens is 1. The second-order valence-electron chi connectivity index (χ2n) is 8.36. The van der Waals surface area contributed by atoms with Crippen LogP contribution in [0.25, 0.3) is 11.0 Å². The zero-order valence-electron chi connectivity index (χ0n) is 17.5. The fourth-order valence-electron chi connectivity index (χ4n) is 4.58. The third kappa shape index (κ3) is 4.13. The van der Waals surface area contributed by atoms with Gasteiger partial charge in [-0.3, -0.25) is 9.59 Å². The van der Waals surface area contributed by atoms with Crippen LogP contribution in [-0.4, -0.2) is 52.4 Å². The molecule has 2 N–H and O–H groups in total. The van der Waals surface area contributed by atoms with Crippen LogP contribution in [-0.2, 0) is 16.0 Å². The lowest BCUT2D eigenvalue weighted by atomic mass is 10.1. The van der Waals surface area contributed by atoms with Crippen molar-refractivity contribution in [2.75, 3.05) is 29.9 Å². The molecule has 2 amide bonds. The maximum Gasteiger partial charge on any atom is 0.242 e. The van der Waals surface area contributed by atoms with Crippen LogP contribution in [0.4, 0.5) is 11.6 Å². The largest absolute Gasteiger partial charge is 0.353 e. The van der Waals surface area contributed by atoms with Gasteiger partial charge in [0.25, 0.3) is 0 Å². The number of benzene rings is 2. The van der Waals surface area contributed by atoms with Gasteiger partial charge in [0.15, 0.2) is 0 Å². The number of likely N-dealkylation sites (tertiary alicyclic amines) is 1. The van der Waals surface area contributed by atoms with E-state index in [1.54, 1.807) is 4.90 Å². The van der Waals surface area contributed by atoms with Crippen LogP contribution in [0.2, 0.25) is 0 Å².